The first kappa shape index (κ1) is 22.2. The number of methoxy groups -OCH3 is 1. The Balaban J connectivity index is 1.98. The number of esters is 1. The van der Waals surface area contributed by atoms with Crippen molar-refractivity contribution >= 4 is 23.8 Å². The van der Waals surface area contributed by atoms with Crippen LogP contribution in [0.15, 0.2) is 24.3 Å². The van der Waals surface area contributed by atoms with E-state index in [-0.39, 0.29) is 24.5 Å². The molecule has 1 aromatic carbocycles. The first-order chi connectivity index (χ1) is 14.0. The minimum absolute atomic E-state index is 0.0585. The third kappa shape index (κ3) is 6.79. The van der Waals surface area contributed by atoms with Gasteiger partial charge in [-0.3, -0.25) is 10.1 Å². The van der Waals surface area contributed by atoms with E-state index in [1.165, 1.54) is 7.11 Å². The molecule has 1 heterocycles. The number of nitrogens with one attached hydrogen (secondary N) is 2. The van der Waals surface area contributed by atoms with Crippen molar-refractivity contribution in [1.82, 2.24) is 15.0 Å². The summed E-state index contributed by atoms with van der Waals surface area (Å²) in [5.41, 5.74) is 1.25. The zero-order chi connectivity index (χ0) is 21.2. The Bertz CT molecular complexity index is 843. The summed E-state index contributed by atoms with van der Waals surface area (Å²) in [4.78, 5) is 36.1. The molecule has 9 heteroatoms. The van der Waals surface area contributed by atoms with Gasteiger partial charge in [-0.1, -0.05) is 32.0 Å². The first-order valence-electron chi connectivity index (χ1n) is 9.49. The number of carbonyl (C=O) groups excluding carboxylic acids is 2. The van der Waals surface area contributed by atoms with Gasteiger partial charge in [0, 0.05) is 6.42 Å². The van der Waals surface area contributed by atoms with Crippen molar-refractivity contribution in [3.05, 3.63) is 41.2 Å². The number of amides is 1. The van der Waals surface area contributed by atoms with Gasteiger partial charge in [-0.15, -0.1) is 0 Å². The van der Waals surface area contributed by atoms with Crippen LogP contribution in [0.5, 0.6) is 0 Å². The largest absolute Gasteiger partial charge is 0.465 e. The minimum atomic E-state index is -0.392. The highest BCUT2D eigenvalue weighted by Gasteiger charge is 2.14. The Kier molecular flexibility index (Phi) is 8.47. The van der Waals surface area contributed by atoms with Crippen LogP contribution in [-0.4, -0.2) is 46.6 Å². The monoisotopic (exact) mass is 401 g/mol. The van der Waals surface area contributed by atoms with Gasteiger partial charge in [-0.25, -0.2) is 4.79 Å². The second-order valence-corrected chi connectivity index (χ2v) is 6.34. The number of anilines is 2. The van der Waals surface area contributed by atoms with Crippen LogP contribution in [0.25, 0.3) is 0 Å². The molecule has 1 aromatic heterocycles. The van der Waals surface area contributed by atoms with Crippen molar-refractivity contribution in [3.63, 3.8) is 0 Å². The molecule has 9 nitrogen and oxygen atoms in total. The summed E-state index contributed by atoms with van der Waals surface area (Å²) in [6, 6.07) is 7.11. The molecule has 2 aromatic rings. The second kappa shape index (κ2) is 11.1. The molecule has 29 heavy (non-hydrogen) atoms. The number of carbonyl (C=O) groups is 2. The van der Waals surface area contributed by atoms with Crippen LogP contribution in [0.2, 0.25) is 0 Å². The van der Waals surface area contributed by atoms with Crippen LogP contribution in [-0.2, 0) is 20.9 Å². The van der Waals surface area contributed by atoms with E-state index in [4.69, 9.17) is 9.47 Å². The van der Waals surface area contributed by atoms with E-state index in [0.717, 1.165) is 12.0 Å². The average Bonchev–Trinajstić information content (AvgIpc) is 2.72. The maximum Gasteiger partial charge on any atom is 0.338 e. The molecule has 0 saturated heterocycles. The lowest BCUT2D eigenvalue weighted by Gasteiger charge is -2.18. The number of nitrogens with zero attached hydrogens (tertiary/aromatic N) is 3. The molecule has 0 saturated carbocycles. The standard InChI is InChI=1S/C20H27N5O4/c1-5-15(12-29-11-14-9-7-8-10-16(14)18(27)28-4)23-19-21-13(3)22-20(25-19)24-17(26)6-2/h7-10,15H,5-6,11-12H2,1-4H3,(H2,21,22,23,24,25,26). The number of aromatic nitrogens is 3. The van der Waals surface area contributed by atoms with Crippen molar-refractivity contribution in [2.24, 2.45) is 0 Å². The highest BCUT2D eigenvalue weighted by Crippen LogP contribution is 2.13. The van der Waals surface area contributed by atoms with Crippen molar-refractivity contribution in [2.75, 3.05) is 24.4 Å². The van der Waals surface area contributed by atoms with Crippen molar-refractivity contribution in [3.8, 4) is 0 Å². The van der Waals surface area contributed by atoms with E-state index in [1.807, 2.05) is 19.1 Å². The molecule has 1 amide bonds. The zero-order valence-corrected chi connectivity index (χ0v) is 17.2. The minimum Gasteiger partial charge on any atom is -0.465 e. The fraction of sp³-hybridized carbons (Fsp3) is 0.450. The maximum absolute atomic E-state index is 11.8. The van der Waals surface area contributed by atoms with Gasteiger partial charge in [-0.2, -0.15) is 15.0 Å². The van der Waals surface area contributed by atoms with E-state index in [1.54, 1.807) is 26.0 Å². The third-order valence-corrected chi connectivity index (χ3v) is 4.14. The van der Waals surface area contributed by atoms with Gasteiger partial charge in [-0.05, 0) is 25.0 Å². The molecular formula is C20H27N5O4. The maximum atomic E-state index is 11.8. The highest BCUT2D eigenvalue weighted by molar-refractivity contribution is 5.91. The summed E-state index contributed by atoms with van der Waals surface area (Å²) in [6.45, 7) is 6.16. The molecule has 2 N–H and O–H groups in total. The van der Waals surface area contributed by atoms with E-state index < -0.39 is 5.97 Å². The summed E-state index contributed by atoms with van der Waals surface area (Å²) in [7, 11) is 1.35. The normalized spacial score (nSPS) is 11.6. The van der Waals surface area contributed by atoms with Gasteiger partial charge in [0.05, 0.1) is 31.9 Å². The number of rotatable bonds is 10. The molecule has 0 aliphatic rings. The molecule has 0 bridgehead atoms. The second-order valence-electron chi connectivity index (χ2n) is 6.34. The number of hydrogen-bond acceptors (Lipinski definition) is 8. The fourth-order valence-electron chi connectivity index (χ4n) is 2.53. The molecule has 0 radical (unpaired) electrons. The SMILES string of the molecule is CCC(=O)Nc1nc(C)nc(NC(CC)COCc2ccccc2C(=O)OC)n1. The summed E-state index contributed by atoms with van der Waals surface area (Å²) in [5.74, 6) is 0.526. The Hall–Kier alpha value is -3.07. The van der Waals surface area contributed by atoms with Gasteiger partial charge in [0.15, 0.2) is 0 Å². The molecule has 0 fully saturated rings. The topological polar surface area (TPSA) is 115 Å². The first-order valence-corrected chi connectivity index (χ1v) is 9.49. The van der Waals surface area contributed by atoms with Crippen LogP contribution in [0.1, 0.15) is 48.4 Å². The molecule has 2 rings (SSSR count). The van der Waals surface area contributed by atoms with Crippen LogP contribution >= 0.6 is 0 Å². The van der Waals surface area contributed by atoms with Gasteiger partial charge in [0.1, 0.15) is 5.82 Å². The Morgan fingerprint density at radius 1 is 1.10 bits per heavy atom. The number of aryl methyl sites for hydroxylation is 1. The zero-order valence-electron chi connectivity index (χ0n) is 17.2. The van der Waals surface area contributed by atoms with Crippen molar-refractivity contribution in [2.45, 2.75) is 46.3 Å². The predicted molar refractivity (Wildman–Crippen MR) is 109 cm³/mol. The van der Waals surface area contributed by atoms with Crippen LogP contribution in [0, 0.1) is 6.92 Å². The molecule has 0 aliphatic carbocycles. The molecule has 0 spiro atoms. The van der Waals surface area contributed by atoms with E-state index >= 15 is 0 Å². The van der Waals surface area contributed by atoms with Crippen LogP contribution < -0.4 is 10.6 Å². The molecular weight excluding hydrogens is 374 g/mol. The molecule has 1 unspecified atom stereocenters. The van der Waals surface area contributed by atoms with E-state index in [9.17, 15) is 9.59 Å². The van der Waals surface area contributed by atoms with Gasteiger partial charge in [0.2, 0.25) is 17.8 Å². The van der Waals surface area contributed by atoms with Gasteiger partial charge in [0.25, 0.3) is 0 Å². The van der Waals surface area contributed by atoms with E-state index in [0.29, 0.717) is 30.4 Å². The lowest BCUT2D eigenvalue weighted by atomic mass is 10.1. The summed E-state index contributed by atoms with van der Waals surface area (Å²) in [6.07, 6.45) is 1.10. The number of ether oxygens (including phenoxy) is 2. The number of hydrogen-bond donors (Lipinski definition) is 2. The lowest BCUT2D eigenvalue weighted by molar-refractivity contribution is -0.115. The third-order valence-electron chi connectivity index (χ3n) is 4.14. The molecule has 1 atom stereocenters. The Morgan fingerprint density at radius 2 is 1.83 bits per heavy atom. The quantitative estimate of drug-likeness (QED) is 0.584. The van der Waals surface area contributed by atoms with Crippen molar-refractivity contribution < 1.29 is 19.1 Å². The summed E-state index contributed by atoms with van der Waals surface area (Å²) < 4.78 is 10.6. The average molecular weight is 401 g/mol. The summed E-state index contributed by atoms with van der Waals surface area (Å²) >= 11 is 0. The Labute approximate surface area is 170 Å². The molecule has 156 valence electrons. The highest BCUT2D eigenvalue weighted by atomic mass is 16.5. The predicted octanol–water partition coefficient (Wildman–Crippen LogP) is 2.72. The summed E-state index contributed by atoms with van der Waals surface area (Å²) in [5, 5.41) is 5.84. The Morgan fingerprint density at radius 3 is 2.52 bits per heavy atom. The molecule has 0 aliphatic heterocycles. The van der Waals surface area contributed by atoms with Gasteiger partial charge >= 0.3 is 5.97 Å². The fourth-order valence-corrected chi connectivity index (χ4v) is 2.53. The van der Waals surface area contributed by atoms with Crippen molar-refractivity contribution in [1.29, 1.82) is 0 Å². The van der Waals surface area contributed by atoms with Crippen LogP contribution in [0.4, 0.5) is 11.9 Å². The lowest BCUT2D eigenvalue weighted by Crippen LogP contribution is -2.26. The smallest absolute Gasteiger partial charge is 0.338 e. The van der Waals surface area contributed by atoms with Crippen LogP contribution in [0.3, 0.4) is 0 Å². The number of benzene rings is 1. The van der Waals surface area contributed by atoms with E-state index in [2.05, 4.69) is 25.6 Å². The van der Waals surface area contributed by atoms with Gasteiger partial charge < -0.3 is 14.8 Å².